The summed E-state index contributed by atoms with van der Waals surface area (Å²) < 4.78 is 32.7. The molecule has 2 heterocycles. The molecule has 2 aromatic carbocycles. The molecule has 0 radical (unpaired) electrons. The number of hydrogen-bond donors (Lipinski definition) is 1. The number of carbonyl (C=O) groups is 3. The van der Waals surface area contributed by atoms with Crippen molar-refractivity contribution in [2.24, 2.45) is 0 Å². The van der Waals surface area contributed by atoms with Gasteiger partial charge in [0.2, 0.25) is 0 Å². The number of halogens is 2. The number of hydrogen-bond acceptors (Lipinski definition) is 5. The number of nitrogens with zero attached hydrogens (tertiary/aromatic N) is 3. The number of rotatable bonds is 7. The first-order chi connectivity index (χ1) is 18.2. The zero-order valence-electron chi connectivity index (χ0n) is 21.7. The van der Waals surface area contributed by atoms with Crippen LogP contribution in [0.15, 0.2) is 59.8 Å². The van der Waals surface area contributed by atoms with Crippen molar-refractivity contribution in [1.29, 1.82) is 0 Å². The van der Waals surface area contributed by atoms with E-state index in [1.807, 2.05) is 13.8 Å². The van der Waals surface area contributed by atoms with E-state index in [-0.39, 0.29) is 31.1 Å². The molecule has 202 valence electrons. The molecule has 0 saturated carbocycles. The van der Waals surface area contributed by atoms with Crippen LogP contribution in [0.5, 0.6) is 0 Å². The smallest absolute Gasteiger partial charge is 0.338 e. The zero-order valence-corrected chi connectivity index (χ0v) is 21.7. The molecule has 3 amide bonds. The van der Waals surface area contributed by atoms with E-state index in [1.165, 1.54) is 47.4 Å². The van der Waals surface area contributed by atoms with Crippen molar-refractivity contribution in [2.45, 2.75) is 32.9 Å². The van der Waals surface area contributed by atoms with Crippen molar-refractivity contribution in [2.75, 3.05) is 39.3 Å². The maximum absolute atomic E-state index is 13.7. The van der Waals surface area contributed by atoms with E-state index >= 15 is 0 Å². The molecule has 8 nitrogen and oxygen atoms in total. The van der Waals surface area contributed by atoms with Gasteiger partial charge in [-0.15, -0.1) is 0 Å². The van der Waals surface area contributed by atoms with Crippen molar-refractivity contribution < 1.29 is 27.9 Å². The van der Waals surface area contributed by atoms with E-state index < -0.39 is 23.6 Å². The molecule has 2 atom stereocenters. The number of benzene rings is 2. The fourth-order valence-corrected chi connectivity index (χ4v) is 5.04. The van der Waals surface area contributed by atoms with Crippen LogP contribution in [-0.4, -0.2) is 78.0 Å². The highest BCUT2D eigenvalue weighted by atomic mass is 19.1. The minimum Gasteiger partial charge on any atom is -0.463 e. The number of likely N-dealkylation sites (N-methyl/N-ethyl adjacent to an activating group) is 1. The number of carbonyl (C=O) groups excluding carboxylic acids is 3. The SMILES string of the molecule is CCOC(=O)C1=C(CN2CCN(C(=O)c3cccc(F)c3)[C@@H](C)C2)N(CC)C(=O)N[C@H]1c1ccc(F)cc1. The average molecular weight is 527 g/mol. The Bertz CT molecular complexity index is 1230. The Balaban J connectivity index is 1.62. The molecule has 1 N–H and O–H groups in total. The van der Waals surface area contributed by atoms with E-state index in [9.17, 15) is 23.2 Å². The third-order valence-corrected chi connectivity index (χ3v) is 6.87. The molecule has 1 saturated heterocycles. The first-order valence-electron chi connectivity index (χ1n) is 12.8. The summed E-state index contributed by atoms with van der Waals surface area (Å²) >= 11 is 0. The summed E-state index contributed by atoms with van der Waals surface area (Å²) in [5, 5.41) is 2.87. The monoisotopic (exact) mass is 526 g/mol. The van der Waals surface area contributed by atoms with E-state index in [4.69, 9.17) is 4.74 Å². The normalized spacial score (nSPS) is 20.4. The number of esters is 1. The van der Waals surface area contributed by atoms with Gasteiger partial charge in [-0.05, 0) is 56.7 Å². The summed E-state index contributed by atoms with van der Waals surface area (Å²) in [5.41, 5.74) is 1.67. The second-order valence-corrected chi connectivity index (χ2v) is 9.35. The molecule has 10 heteroatoms. The van der Waals surface area contributed by atoms with Crippen molar-refractivity contribution >= 4 is 17.9 Å². The number of ether oxygens (including phenoxy) is 1. The van der Waals surface area contributed by atoms with Crippen molar-refractivity contribution in [3.05, 3.63) is 82.6 Å². The van der Waals surface area contributed by atoms with Crippen LogP contribution in [0.1, 0.15) is 42.7 Å². The maximum Gasteiger partial charge on any atom is 0.338 e. The molecule has 38 heavy (non-hydrogen) atoms. The van der Waals surface area contributed by atoms with Crippen LogP contribution < -0.4 is 5.32 Å². The van der Waals surface area contributed by atoms with Crippen molar-refractivity contribution in [3.8, 4) is 0 Å². The highest BCUT2D eigenvalue weighted by Gasteiger charge is 2.39. The van der Waals surface area contributed by atoms with Gasteiger partial charge in [0.25, 0.3) is 5.91 Å². The van der Waals surface area contributed by atoms with Crippen LogP contribution in [0.25, 0.3) is 0 Å². The lowest BCUT2D eigenvalue weighted by Gasteiger charge is -2.43. The van der Waals surface area contributed by atoms with E-state index in [0.717, 1.165) is 0 Å². The minimum absolute atomic E-state index is 0.156. The molecular formula is C28H32F2N4O4. The van der Waals surface area contributed by atoms with Gasteiger partial charge in [-0.3, -0.25) is 14.6 Å². The lowest BCUT2D eigenvalue weighted by Crippen LogP contribution is -2.56. The van der Waals surface area contributed by atoms with Gasteiger partial charge in [0, 0.05) is 50.0 Å². The van der Waals surface area contributed by atoms with Gasteiger partial charge in [-0.25, -0.2) is 18.4 Å². The molecule has 1 fully saturated rings. The van der Waals surface area contributed by atoms with Crippen LogP contribution in [0.4, 0.5) is 13.6 Å². The second kappa shape index (κ2) is 11.7. The number of amides is 3. The van der Waals surface area contributed by atoms with Gasteiger partial charge in [-0.2, -0.15) is 0 Å². The van der Waals surface area contributed by atoms with Crippen molar-refractivity contribution in [1.82, 2.24) is 20.0 Å². The van der Waals surface area contributed by atoms with E-state index in [0.29, 0.717) is 48.6 Å². The van der Waals surface area contributed by atoms with Gasteiger partial charge in [0.1, 0.15) is 11.6 Å². The number of piperazine rings is 1. The quantitative estimate of drug-likeness (QED) is 0.557. The summed E-state index contributed by atoms with van der Waals surface area (Å²) in [6, 6.07) is 9.93. The first kappa shape index (κ1) is 27.3. The molecule has 0 spiro atoms. The third-order valence-electron chi connectivity index (χ3n) is 6.87. The average Bonchev–Trinajstić information content (AvgIpc) is 2.89. The molecular weight excluding hydrogens is 494 g/mol. The Kier molecular flexibility index (Phi) is 8.41. The molecule has 2 aromatic rings. The molecule has 4 rings (SSSR count). The van der Waals surface area contributed by atoms with Crippen LogP contribution in [-0.2, 0) is 9.53 Å². The van der Waals surface area contributed by atoms with Gasteiger partial charge >= 0.3 is 12.0 Å². The summed E-state index contributed by atoms with van der Waals surface area (Å²) in [6.45, 7) is 7.58. The van der Waals surface area contributed by atoms with Crippen LogP contribution >= 0.6 is 0 Å². The summed E-state index contributed by atoms with van der Waals surface area (Å²) in [7, 11) is 0. The van der Waals surface area contributed by atoms with Gasteiger partial charge < -0.3 is 15.0 Å². The zero-order chi connectivity index (χ0) is 27.4. The van der Waals surface area contributed by atoms with Crippen LogP contribution in [0, 0.1) is 11.6 Å². The highest BCUT2D eigenvalue weighted by molar-refractivity contribution is 5.95. The van der Waals surface area contributed by atoms with E-state index in [1.54, 1.807) is 17.9 Å². The Morgan fingerprint density at radius 2 is 1.79 bits per heavy atom. The molecule has 2 aliphatic heterocycles. The predicted molar refractivity (Wildman–Crippen MR) is 137 cm³/mol. The number of urea groups is 1. The highest BCUT2D eigenvalue weighted by Crippen LogP contribution is 2.32. The summed E-state index contributed by atoms with van der Waals surface area (Å²) in [4.78, 5) is 44.6. The lowest BCUT2D eigenvalue weighted by molar-refractivity contribution is -0.139. The van der Waals surface area contributed by atoms with Crippen LogP contribution in [0.3, 0.4) is 0 Å². The Morgan fingerprint density at radius 3 is 2.42 bits per heavy atom. The van der Waals surface area contributed by atoms with Gasteiger partial charge in [-0.1, -0.05) is 18.2 Å². The fraction of sp³-hybridized carbons (Fsp3) is 0.393. The minimum atomic E-state index is -0.798. The maximum atomic E-state index is 13.7. The molecule has 0 bridgehead atoms. The number of nitrogens with one attached hydrogen (secondary N) is 1. The molecule has 2 aliphatic rings. The Labute approximate surface area is 220 Å². The summed E-state index contributed by atoms with van der Waals surface area (Å²) in [6.07, 6.45) is 0. The van der Waals surface area contributed by atoms with E-state index in [2.05, 4.69) is 10.2 Å². The lowest BCUT2D eigenvalue weighted by atomic mass is 9.94. The first-order valence-corrected chi connectivity index (χ1v) is 12.8. The van der Waals surface area contributed by atoms with Gasteiger partial charge in [0.05, 0.1) is 18.2 Å². The third kappa shape index (κ3) is 5.70. The fourth-order valence-electron chi connectivity index (χ4n) is 5.04. The Hall–Kier alpha value is -3.79. The second-order valence-electron chi connectivity index (χ2n) is 9.35. The standard InChI is InChI=1S/C28H32F2N4O4/c1-4-33-23(17-32-13-14-34(18(3)16-32)26(35)20-7-6-8-22(30)15-20)24(27(36)38-5-2)25(31-28(33)37)19-9-11-21(29)12-10-19/h6-12,15,18,25H,4-5,13-14,16-17H2,1-3H3,(H,31,37)/t18-,25-/m0/s1. The van der Waals surface area contributed by atoms with Gasteiger partial charge in [0.15, 0.2) is 0 Å². The predicted octanol–water partition coefficient (Wildman–Crippen LogP) is 3.71. The Morgan fingerprint density at radius 1 is 1.05 bits per heavy atom. The molecule has 0 aromatic heterocycles. The van der Waals surface area contributed by atoms with Crippen molar-refractivity contribution in [3.63, 3.8) is 0 Å². The summed E-state index contributed by atoms with van der Waals surface area (Å²) in [5.74, 6) is -1.69. The topological polar surface area (TPSA) is 82.2 Å². The largest absolute Gasteiger partial charge is 0.463 e. The molecule has 0 aliphatic carbocycles. The molecule has 0 unspecified atom stereocenters. The van der Waals surface area contributed by atoms with Crippen LogP contribution in [0.2, 0.25) is 0 Å².